The van der Waals surface area contributed by atoms with Crippen molar-refractivity contribution in [2.75, 3.05) is 5.75 Å². The number of aromatic nitrogens is 2. The summed E-state index contributed by atoms with van der Waals surface area (Å²) in [4.78, 5) is 12.9. The van der Waals surface area contributed by atoms with Crippen LogP contribution in [0.2, 0.25) is 0 Å². The first-order valence-corrected chi connectivity index (χ1v) is 10.2. The first-order chi connectivity index (χ1) is 13.0. The highest BCUT2D eigenvalue weighted by molar-refractivity contribution is 8.13. The molecule has 1 aliphatic carbocycles. The highest BCUT2D eigenvalue weighted by Crippen LogP contribution is 2.52. The molecule has 2 aromatic rings. The van der Waals surface area contributed by atoms with Crippen LogP contribution < -0.4 is 5.73 Å². The summed E-state index contributed by atoms with van der Waals surface area (Å²) >= 11 is 1.59. The van der Waals surface area contributed by atoms with Gasteiger partial charge in [0.25, 0.3) is 0 Å². The third kappa shape index (κ3) is 3.78. The maximum Gasteiger partial charge on any atom is 0.154 e. The molecule has 4 rings (SSSR count). The molecule has 2 N–H and O–H groups in total. The Bertz CT molecular complexity index is 861. The molecule has 1 aromatic carbocycles. The third-order valence-corrected chi connectivity index (χ3v) is 6.26. The van der Waals surface area contributed by atoms with Gasteiger partial charge in [0.05, 0.1) is 17.7 Å². The van der Waals surface area contributed by atoms with E-state index in [0.29, 0.717) is 22.2 Å². The van der Waals surface area contributed by atoms with Gasteiger partial charge in [-0.1, -0.05) is 25.3 Å². The second-order valence-corrected chi connectivity index (χ2v) is 8.49. The van der Waals surface area contributed by atoms with Gasteiger partial charge in [-0.25, -0.2) is 14.4 Å². The Morgan fingerprint density at radius 3 is 2.75 bits per heavy atom. The van der Waals surface area contributed by atoms with Crippen LogP contribution in [0, 0.1) is 11.7 Å². The molecule has 5 nitrogen and oxygen atoms in total. The van der Waals surface area contributed by atoms with E-state index in [-0.39, 0.29) is 25.5 Å². The molecule has 0 radical (unpaired) electrons. The van der Waals surface area contributed by atoms with Crippen molar-refractivity contribution in [1.29, 1.82) is 0 Å². The summed E-state index contributed by atoms with van der Waals surface area (Å²) in [5, 5.41) is 0.588. The fourth-order valence-electron chi connectivity index (χ4n) is 4.23. The van der Waals surface area contributed by atoms with Gasteiger partial charge in [-0.15, -0.1) is 0 Å². The maximum atomic E-state index is 14.5. The summed E-state index contributed by atoms with van der Waals surface area (Å²) in [6.45, 7) is 4.10. The van der Waals surface area contributed by atoms with Gasteiger partial charge in [0, 0.05) is 41.6 Å². The van der Waals surface area contributed by atoms with Crippen molar-refractivity contribution in [2.24, 2.45) is 16.6 Å². The van der Waals surface area contributed by atoms with Crippen LogP contribution >= 0.6 is 11.8 Å². The van der Waals surface area contributed by atoms with Gasteiger partial charge in [-0.05, 0) is 38.0 Å². The molecule has 1 saturated carbocycles. The Morgan fingerprint density at radius 1 is 1.29 bits per heavy atom. The quantitative estimate of drug-likeness (QED) is 0.822. The molecule has 150 valence electrons. The number of aliphatic imine (C=N–C) groups is 1. The Labute approximate surface area is 170 Å². The van der Waals surface area contributed by atoms with Gasteiger partial charge in [0.1, 0.15) is 12.1 Å². The van der Waals surface area contributed by atoms with E-state index < -0.39 is 5.54 Å². The van der Waals surface area contributed by atoms with Crippen molar-refractivity contribution in [3.63, 3.8) is 0 Å². The summed E-state index contributed by atoms with van der Waals surface area (Å²) in [7, 11) is 0. The molecule has 3 atom stereocenters. The topological polar surface area (TPSA) is 73.4 Å². The minimum absolute atomic E-state index is 0. The van der Waals surface area contributed by atoms with Crippen molar-refractivity contribution in [3.05, 3.63) is 48.3 Å². The van der Waals surface area contributed by atoms with Crippen molar-refractivity contribution < 1.29 is 9.13 Å². The molecular formula is C21H27FN4OS. The van der Waals surface area contributed by atoms with Crippen molar-refractivity contribution in [3.8, 4) is 11.1 Å². The van der Waals surface area contributed by atoms with Gasteiger partial charge in [0.15, 0.2) is 5.17 Å². The lowest BCUT2D eigenvalue weighted by Crippen LogP contribution is -2.36. The van der Waals surface area contributed by atoms with E-state index in [0.717, 1.165) is 24.2 Å². The summed E-state index contributed by atoms with van der Waals surface area (Å²) in [5.74, 6) is 0.912. The summed E-state index contributed by atoms with van der Waals surface area (Å²) in [5.41, 5.74) is 7.77. The average molecular weight is 403 g/mol. The van der Waals surface area contributed by atoms with E-state index in [2.05, 4.69) is 9.97 Å². The van der Waals surface area contributed by atoms with Gasteiger partial charge in [-0.3, -0.25) is 4.99 Å². The van der Waals surface area contributed by atoms with E-state index in [1.54, 1.807) is 24.2 Å². The summed E-state index contributed by atoms with van der Waals surface area (Å²) < 4.78 is 20.7. The number of nitrogens with two attached hydrogens (primary N) is 1. The number of rotatable bonds is 4. The highest BCUT2D eigenvalue weighted by atomic mass is 32.2. The highest BCUT2D eigenvalue weighted by Gasteiger charge is 2.51. The number of fused-ring (bicyclic) bond motifs is 1. The molecule has 0 spiro atoms. The predicted molar refractivity (Wildman–Crippen MR) is 113 cm³/mol. The SMILES string of the molecule is C.CC(C)O[C@@H]1C[C@H]2CSC(N)=N[C@@]2(c2ccc(F)c(-c3cncnc3)c2)C1. The average Bonchev–Trinajstić information content (AvgIpc) is 3.00. The maximum absolute atomic E-state index is 14.5. The summed E-state index contributed by atoms with van der Waals surface area (Å²) in [6.07, 6.45) is 6.66. The predicted octanol–water partition coefficient (Wildman–Crippen LogP) is 4.38. The van der Waals surface area contributed by atoms with E-state index in [9.17, 15) is 4.39 Å². The van der Waals surface area contributed by atoms with Crippen molar-refractivity contribution >= 4 is 16.9 Å². The molecular weight excluding hydrogens is 375 g/mol. The smallest absolute Gasteiger partial charge is 0.154 e. The zero-order valence-corrected chi connectivity index (χ0v) is 16.2. The standard InChI is InChI=1S/C20H23FN4OS.CH4/c1-12(2)26-16-5-15-10-27-19(22)25-20(15,7-16)14-3-4-18(21)17(6-14)13-8-23-11-24-9-13;/h3-4,6,8-9,11-12,15-16H,5,7,10H2,1-2H3,(H2,22,25);1H4/t15-,16+,20+;/m0./s1. The second kappa shape index (κ2) is 8.17. The van der Waals surface area contributed by atoms with E-state index >= 15 is 0 Å². The van der Waals surface area contributed by atoms with Crippen LogP contribution in [0.3, 0.4) is 0 Å². The Kier molecular flexibility index (Phi) is 6.05. The number of amidine groups is 1. The largest absolute Gasteiger partial charge is 0.379 e. The Morgan fingerprint density at radius 2 is 2.04 bits per heavy atom. The number of thioether (sulfide) groups is 1. The zero-order valence-electron chi connectivity index (χ0n) is 15.4. The fraction of sp³-hybridized carbons (Fsp3) is 0.476. The molecule has 1 aliphatic heterocycles. The van der Waals surface area contributed by atoms with Crippen LogP contribution in [0.5, 0.6) is 0 Å². The minimum atomic E-state index is -0.465. The van der Waals surface area contributed by atoms with Crippen LogP contribution in [0.1, 0.15) is 39.7 Å². The molecule has 7 heteroatoms. The van der Waals surface area contributed by atoms with Crippen LogP contribution in [0.15, 0.2) is 41.9 Å². The molecule has 0 unspecified atom stereocenters. The van der Waals surface area contributed by atoms with Gasteiger partial charge in [-0.2, -0.15) is 0 Å². The van der Waals surface area contributed by atoms with E-state index in [4.69, 9.17) is 15.5 Å². The second-order valence-electron chi connectivity index (χ2n) is 7.45. The molecule has 1 fully saturated rings. The summed E-state index contributed by atoms with van der Waals surface area (Å²) in [6, 6.07) is 5.22. The molecule has 0 bridgehead atoms. The molecule has 28 heavy (non-hydrogen) atoms. The van der Waals surface area contributed by atoms with Gasteiger partial charge < -0.3 is 10.5 Å². The number of ether oxygens (including phenoxy) is 1. The third-order valence-electron chi connectivity index (χ3n) is 5.31. The zero-order chi connectivity index (χ0) is 19.0. The fourth-order valence-corrected chi connectivity index (χ4v) is 5.24. The first kappa shape index (κ1) is 20.7. The molecule has 0 saturated heterocycles. The Balaban J connectivity index is 0.00000225. The number of halogens is 1. The molecule has 1 aromatic heterocycles. The van der Waals surface area contributed by atoms with Crippen LogP contribution in [-0.2, 0) is 10.3 Å². The number of benzene rings is 1. The van der Waals surface area contributed by atoms with E-state index in [1.165, 1.54) is 12.4 Å². The lowest BCUT2D eigenvalue weighted by Gasteiger charge is -2.36. The first-order valence-electron chi connectivity index (χ1n) is 9.17. The van der Waals surface area contributed by atoms with Crippen molar-refractivity contribution in [2.45, 2.75) is 51.9 Å². The number of hydrogen-bond acceptors (Lipinski definition) is 6. The van der Waals surface area contributed by atoms with Crippen LogP contribution in [0.4, 0.5) is 4.39 Å². The normalized spacial score (nSPS) is 26.5. The minimum Gasteiger partial charge on any atom is -0.379 e. The molecule has 0 amide bonds. The molecule has 2 aliphatic rings. The van der Waals surface area contributed by atoms with Crippen LogP contribution in [-0.4, -0.2) is 33.1 Å². The monoisotopic (exact) mass is 402 g/mol. The Hall–Kier alpha value is -1.99. The van der Waals surface area contributed by atoms with Crippen LogP contribution in [0.25, 0.3) is 11.1 Å². The van der Waals surface area contributed by atoms with E-state index in [1.807, 2.05) is 26.0 Å². The lowest BCUT2D eigenvalue weighted by atomic mass is 9.80. The lowest BCUT2D eigenvalue weighted by molar-refractivity contribution is 0.00846. The van der Waals surface area contributed by atoms with Crippen molar-refractivity contribution in [1.82, 2.24) is 9.97 Å². The van der Waals surface area contributed by atoms with Gasteiger partial charge in [0.2, 0.25) is 0 Å². The molecule has 2 heterocycles. The van der Waals surface area contributed by atoms with Gasteiger partial charge >= 0.3 is 0 Å². The number of hydrogen-bond donors (Lipinski definition) is 1. The number of nitrogens with zero attached hydrogens (tertiary/aromatic N) is 3.